The van der Waals surface area contributed by atoms with Crippen LogP contribution in [0.3, 0.4) is 0 Å². The van der Waals surface area contributed by atoms with E-state index in [9.17, 15) is 19.5 Å². The van der Waals surface area contributed by atoms with Crippen LogP contribution in [0.15, 0.2) is 12.7 Å². The lowest BCUT2D eigenvalue weighted by atomic mass is 10.2. The summed E-state index contributed by atoms with van der Waals surface area (Å²) in [6, 6.07) is -1.58. The second-order valence-corrected chi connectivity index (χ2v) is 7.30. The molecule has 25 heavy (non-hydrogen) atoms. The van der Waals surface area contributed by atoms with Crippen molar-refractivity contribution in [3.8, 4) is 0 Å². The Morgan fingerprint density at radius 2 is 1.56 bits per heavy atom. The number of carbonyl (C=O) groups is 3. The van der Waals surface area contributed by atoms with Crippen LogP contribution in [0.2, 0.25) is 0 Å². The molecule has 0 fully saturated rings. The average Bonchev–Trinajstić information content (AvgIpc) is 2.86. The van der Waals surface area contributed by atoms with Gasteiger partial charge in [-0.3, -0.25) is 4.68 Å². The molecule has 0 bridgehead atoms. The molecule has 1 atom stereocenters. The number of imide groups is 1. The smallest absolute Gasteiger partial charge is 0.420 e. The quantitative estimate of drug-likeness (QED) is 0.867. The Bertz CT molecular complexity index is 587. The maximum absolute atomic E-state index is 12.5. The van der Waals surface area contributed by atoms with Crippen LogP contribution in [-0.4, -0.2) is 60.2 Å². The molecule has 0 spiro atoms. The first kappa shape index (κ1) is 20.4. The molecule has 1 N–H and O–H groups in total. The van der Waals surface area contributed by atoms with Gasteiger partial charge < -0.3 is 14.6 Å². The Kier molecular flexibility index (Phi) is 6.11. The summed E-state index contributed by atoms with van der Waals surface area (Å²) in [5.41, 5.74) is -1.85. The third-order valence-corrected chi connectivity index (χ3v) is 2.60. The lowest BCUT2D eigenvalue weighted by Gasteiger charge is -2.31. The predicted molar refractivity (Wildman–Crippen MR) is 85.8 cm³/mol. The number of hydrogen-bond acceptors (Lipinski definition) is 7. The molecule has 2 amide bonds. The van der Waals surface area contributed by atoms with Gasteiger partial charge in [0.25, 0.3) is 0 Å². The third kappa shape index (κ3) is 6.77. The van der Waals surface area contributed by atoms with Crippen LogP contribution >= 0.6 is 0 Å². The molecule has 1 unspecified atom stereocenters. The standard InChI is InChI=1S/C15H24N4O6/c1-14(2,3)24-12(22)19(13(23)25-15(4,5)6)10(11(20)21)7-18-9-16-8-17-18/h8-10H,7H2,1-6H3,(H,20,21). The lowest BCUT2D eigenvalue weighted by Crippen LogP contribution is -2.53. The highest BCUT2D eigenvalue weighted by molar-refractivity contribution is 5.93. The van der Waals surface area contributed by atoms with Gasteiger partial charge in [0.1, 0.15) is 23.9 Å². The van der Waals surface area contributed by atoms with Crippen molar-refractivity contribution in [2.75, 3.05) is 0 Å². The summed E-state index contributed by atoms with van der Waals surface area (Å²) >= 11 is 0. The second-order valence-electron chi connectivity index (χ2n) is 7.30. The molecule has 0 saturated carbocycles. The second kappa shape index (κ2) is 7.49. The molecule has 1 rings (SSSR count). The van der Waals surface area contributed by atoms with Crippen LogP contribution in [0.5, 0.6) is 0 Å². The SMILES string of the molecule is CC(C)(C)OC(=O)N(C(=O)OC(C)(C)C)C(Cn1cncn1)C(=O)O. The van der Waals surface area contributed by atoms with Gasteiger partial charge in [-0.1, -0.05) is 0 Å². The fourth-order valence-electron chi connectivity index (χ4n) is 1.73. The minimum Gasteiger partial charge on any atom is -0.480 e. The minimum atomic E-state index is -1.58. The molecule has 140 valence electrons. The van der Waals surface area contributed by atoms with Gasteiger partial charge in [0, 0.05) is 0 Å². The highest BCUT2D eigenvalue weighted by atomic mass is 16.6. The van der Waals surface area contributed by atoms with Crippen molar-refractivity contribution in [3.05, 3.63) is 12.7 Å². The van der Waals surface area contributed by atoms with E-state index in [-0.39, 0.29) is 6.54 Å². The number of ether oxygens (including phenoxy) is 2. The topological polar surface area (TPSA) is 124 Å². The summed E-state index contributed by atoms with van der Waals surface area (Å²) in [4.78, 5) is 40.8. The van der Waals surface area contributed by atoms with Gasteiger partial charge in [0.05, 0.1) is 6.54 Å². The van der Waals surface area contributed by atoms with E-state index in [0.717, 1.165) is 0 Å². The molecule has 1 aromatic heterocycles. The number of aliphatic carboxylic acids is 1. The normalized spacial score (nSPS) is 13.0. The van der Waals surface area contributed by atoms with Crippen molar-refractivity contribution in [2.45, 2.75) is 65.3 Å². The number of aromatic nitrogens is 3. The fourth-order valence-corrected chi connectivity index (χ4v) is 1.73. The predicted octanol–water partition coefficient (Wildman–Crippen LogP) is 1.90. The van der Waals surface area contributed by atoms with E-state index in [2.05, 4.69) is 10.1 Å². The van der Waals surface area contributed by atoms with E-state index < -0.39 is 35.4 Å². The molecule has 1 aromatic rings. The maximum Gasteiger partial charge on any atom is 0.420 e. The summed E-state index contributed by atoms with van der Waals surface area (Å²) in [6.45, 7) is 9.32. The van der Waals surface area contributed by atoms with E-state index >= 15 is 0 Å². The Labute approximate surface area is 145 Å². The summed E-state index contributed by atoms with van der Waals surface area (Å²) in [6.07, 6.45) is 0.256. The van der Waals surface area contributed by atoms with Crippen molar-refractivity contribution >= 4 is 18.2 Å². The molecule has 0 radical (unpaired) electrons. The number of amides is 2. The van der Waals surface area contributed by atoms with E-state index in [1.807, 2.05) is 0 Å². The molecule has 0 aromatic carbocycles. The number of hydrogen-bond donors (Lipinski definition) is 1. The number of nitrogens with zero attached hydrogens (tertiary/aromatic N) is 4. The Morgan fingerprint density at radius 3 is 1.88 bits per heavy atom. The molecular weight excluding hydrogens is 332 g/mol. The van der Waals surface area contributed by atoms with Crippen LogP contribution in [0.25, 0.3) is 0 Å². The number of carboxylic acid groups (broad SMARTS) is 1. The average molecular weight is 356 g/mol. The molecule has 0 aliphatic heterocycles. The van der Waals surface area contributed by atoms with Crippen LogP contribution in [0, 0.1) is 0 Å². The van der Waals surface area contributed by atoms with Crippen molar-refractivity contribution < 1.29 is 29.0 Å². The van der Waals surface area contributed by atoms with Crippen LogP contribution < -0.4 is 0 Å². The van der Waals surface area contributed by atoms with E-state index in [0.29, 0.717) is 4.90 Å². The van der Waals surface area contributed by atoms with Crippen LogP contribution in [-0.2, 0) is 20.8 Å². The molecule has 0 saturated heterocycles. The largest absolute Gasteiger partial charge is 0.480 e. The van der Waals surface area contributed by atoms with E-state index in [1.54, 1.807) is 41.5 Å². The third-order valence-electron chi connectivity index (χ3n) is 2.60. The number of carbonyl (C=O) groups excluding carboxylic acids is 2. The van der Waals surface area contributed by atoms with Crippen molar-refractivity contribution in [3.63, 3.8) is 0 Å². The van der Waals surface area contributed by atoms with Crippen LogP contribution in [0.4, 0.5) is 9.59 Å². The van der Waals surface area contributed by atoms with Crippen molar-refractivity contribution in [1.82, 2.24) is 19.7 Å². The summed E-state index contributed by atoms with van der Waals surface area (Å²) < 4.78 is 11.5. The first-order chi connectivity index (χ1) is 11.3. The van der Waals surface area contributed by atoms with Gasteiger partial charge in [0.15, 0.2) is 6.04 Å². The zero-order valence-corrected chi connectivity index (χ0v) is 15.2. The van der Waals surface area contributed by atoms with Crippen LogP contribution in [0.1, 0.15) is 41.5 Å². The first-order valence-electron chi connectivity index (χ1n) is 7.60. The van der Waals surface area contributed by atoms with Crippen molar-refractivity contribution in [2.24, 2.45) is 0 Å². The minimum absolute atomic E-state index is 0.298. The van der Waals surface area contributed by atoms with Gasteiger partial charge in [-0.15, -0.1) is 0 Å². The molecular formula is C15H24N4O6. The monoisotopic (exact) mass is 356 g/mol. The number of carboxylic acids is 1. The number of rotatable bonds is 4. The van der Waals surface area contributed by atoms with Gasteiger partial charge in [-0.25, -0.2) is 19.4 Å². The highest BCUT2D eigenvalue weighted by Crippen LogP contribution is 2.17. The summed E-state index contributed by atoms with van der Waals surface area (Å²) in [7, 11) is 0. The first-order valence-corrected chi connectivity index (χ1v) is 7.60. The molecule has 10 heteroatoms. The Balaban J connectivity index is 3.18. The Morgan fingerprint density at radius 1 is 1.08 bits per heavy atom. The highest BCUT2D eigenvalue weighted by Gasteiger charge is 2.40. The molecule has 1 heterocycles. The fraction of sp³-hybridized carbons (Fsp3) is 0.667. The van der Waals surface area contributed by atoms with E-state index in [4.69, 9.17) is 9.47 Å². The zero-order valence-electron chi connectivity index (χ0n) is 15.2. The Hall–Kier alpha value is -2.65. The molecule has 0 aliphatic rings. The van der Waals surface area contributed by atoms with Gasteiger partial charge >= 0.3 is 18.2 Å². The molecule has 10 nitrogen and oxygen atoms in total. The zero-order chi connectivity index (χ0) is 19.4. The summed E-state index contributed by atoms with van der Waals surface area (Å²) in [5.74, 6) is -1.41. The van der Waals surface area contributed by atoms with Gasteiger partial charge in [-0.05, 0) is 41.5 Å². The van der Waals surface area contributed by atoms with Gasteiger partial charge in [-0.2, -0.15) is 10.00 Å². The molecule has 0 aliphatic carbocycles. The van der Waals surface area contributed by atoms with Gasteiger partial charge in [0.2, 0.25) is 0 Å². The van der Waals surface area contributed by atoms with E-state index in [1.165, 1.54) is 17.3 Å². The maximum atomic E-state index is 12.5. The lowest BCUT2D eigenvalue weighted by molar-refractivity contribution is -0.143. The van der Waals surface area contributed by atoms with Crippen molar-refractivity contribution in [1.29, 1.82) is 0 Å². The summed E-state index contributed by atoms with van der Waals surface area (Å²) in [5, 5.41) is 13.3.